The molecular formula is C20H18FN3O2. The lowest BCUT2D eigenvalue weighted by Gasteiger charge is -2.45. The van der Waals surface area contributed by atoms with Crippen molar-refractivity contribution in [2.75, 3.05) is 18.1 Å². The minimum Gasteiger partial charge on any atom is -0.485 e. The lowest BCUT2D eigenvalue weighted by atomic mass is 9.90. The number of rotatable bonds is 1. The molecular weight excluding hydrogens is 333 g/mol. The molecule has 0 fully saturated rings. The standard InChI is InChI=1S/C20H18FN3O2/c21-15-6-1-3-11-9-12(10-26-18(11)15)19-23-20(25)14-5-2-4-13-16(22)7-8-24(19)17(13)14/h1-6,9,16,19H,7-8,10,22H2,(H,23,25)/t16-,19-/m1/s1. The number of anilines is 1. The predicted octanol–water partition coefficient (Wildman–Crippen LogP) is 2.58. The molecule has 3 N–H and O–H groups in total. The Hall–Kier alpha value is -2.86. The molecule has 0 bridgehead atoms. The zero-order valence-corrected chi connectivity index (χ0v) is 14.0. The van der Waals surface area contributed by atoms with Crippen LogP contribution in [-0.4, -0.2) is 25.2 Å². The first kappa shape index (κ1) is 15.4. The van der Waals surface area contributed by atoms with Gasteiger partial charge in [0, 0.05) is 23.7 Å². The normalized spacial score (nSPS) is 23.4. The van der Waals surface area contributed by atoms with E-state index in [1.165, 1.54) is 6.07 Å². The van der Waals surface area contributed by atoms with Crippen molar-refractivity contribution in [1.82, 2.24) is 5.32 Å². The minimum atomic E-state index is -0.373. The molecule has 2 aromatic carbocycles. The van der Waals surface area contributed by atoms with E-state index in [4.69, 9.17) is 10.5 Å². The fourth-order valence-electron chi connectivity index (χ4n) is 4.09. The van der Waals surface area contributed by atoms with Gasteiger partial charge in [0.2, 0.25) is 0 Å². The van der Waals surface area contributed by atoms with Crippen LogP contribution >= 0.6 is 0 Å². The van der Waals surface area contributed by atoms with Gasteiger partial charge < -0.3 is 20.7 Å². The highest BCUT2D eigenvalue weighted by Gasteiger charge is 2.38. The second kappa shape index (κ2) is 5.57. The number of hydrogen-bond acceptors (Lipinski definition) is 4. The number of fused-ring (bicyclic) bond motifs is 1. The fourth-order valence-corrected chi connectivity index (χ4v) is 4.09. The molecule has 0 unspecified atom stereocenters. The van der Waals surface area contributed by atoms with Crippen LogP contribution in [0.25, 0.3) is 6.08 Å². The largest absolute Gasteiger partial charge is 0.485 e. The van der Waals surface area contributed by atoms with Crippen LogP contribution in [0.15, 0.2) is 42.0 Å². The number of para-hydroxylation sites is 2. The van der Waals surface area contributed by atoms with Crippen LogP contribution in [0.4, 0.5) is 10.1 Å². The highest BCUT2D eigenvalue weighted by molar-refractivity contribution is 6.03. The topological polar surface area (TPSA) is 67.6 Å². The minimum absolute atomic E-state index is 0.0702. The summed E-state index contributed by atoms with van der Waals surface area (Å²) in [6, 6.07) is 10.5. The molecule has 0 saturated carbocycles. The van der Waals surface area contributed by atoms with E-state index in [0.717, 1.165) is 29.8 Å². The zero-order valence-electron chi connectivity index (χ0n) is 14.0. The van der Waals surface area contributed by atoms with Crippen molar-refractivity contribution in [3.63, 3.8) is 0 Å². The number of carbonyl (C=O) groups is 1. The van der Waals surface area contributed by atoms with Gasteiger partial charge in [-0.2, -0.15) is 0 Å². The molecule has 0 aliphatic carbocycles. The lowest BCUT2D eigenvalue weighted by molar-refractivity contribution is 0.0930. The molecule has 6 heteroatoms. The number of carbonyl (C=O) groups excluding carboxylic acids is 1. The van der Waals surface area contributed by atoms with Gasteiger partial charge in [-0.15, -0.1) is 0 Å². The zero-order chi connectivity index (χ0) is 17.8. The van der Waals surface area contributed by atoms with Gasteiger partial charge in [0.25, 0.3) is 5.91 Å². The van der Waals surface area contributed by atoms with Crippen LogP contribution < -0.4 is 20.7 Å². The number of hydrogen-bond donors (Lipinski definition) is 2. The molecule has 1 amide bonds. The predicted molar refractivity (Wildman–Crippen MR) is 96.5 cm³/mol. The molecule has 0 spiro atoms. The van der Waals surface area contributed by atoms with Gasteiger partial charge in [-0.3, -0.25) is 4.79 Å². The Labute approximate surface area is 150 Å². The van der Waals surface area contributed by atoms with Crippen LogP contribution in [0.1, 0.15) is 33.9 Å². The quantitative estimate of drug-likeness (QED) is 0.829. The summed E-state index contributed by atoms with van der Waals surface area (Å²) in [5.74, 6) is -0.231. The first-order chi connectivity index (χ1) is 12.6. The summed E-state index contributed by atoms with van der Waals surface area (Å²) >= 11 is 0. The SMILES string of the molecule is N[C@@H]1CCN2c3c(cccc31)C(=O)N[C@H]2C1=Cc2cccc(F)c2OC1. The Kier molecular flexibility index (Phi) is 3.30. The molecule has 5 rings (SSSR count). The summed E-state index contributed by atoms with van der Waals surface area (Å²) in [4.78, 5) is 14.9. The van der Waals surface area contributed by atoms with Crippen molar-refractivity contribution in [3.8, 4) is 5.75 Å². The summed E-state index contributed by atoms with van der Waals surface area (Å²) in [5, 5.41) is 3.07. The molecule has 3 heterocycles. The van der Waals surface area contributed by atoms with E-state index in [9.17, 15) is 9.18 Å². The molecule has 26 heavy (non-hydrogen) atoms. The number of halogens is 1. The van der Waals surface area contributed by atoms with Crippen LogP contribution in [-0.2, 0) is 0 Å². The number of amides is 1. The summed E-state index contributed by atoms with van der Waals surface area (Å²) in [5.41, 5.74) is 10.4. The molecule has 0 aromatic heterocycles. The Morgan fingerprint density at radius 2 is 2.08 bits per heavy atom. The maximum atomic E-state index is 13.9. The molecule has 0 radical (unpaired) electrons. The van der Waals surface area contributed by atoms with Gasteiger partial charge in [0.05, 0.1) is 11.3 Å². The van der Waals surface area contributed by atoms with E-state index in [0.29, 0.717) is 11.1 Å². The second-order valence-electron chi connectivity index (χ2n) is 6.87. The van der Waals surface area contributed by atoms with Gasteiger partial charge in [-0.1, -0.05) is 24.3 Å². The lowest BCUT2D eigenvalue weighted by Crippen LogP contribution is -2.57. The number of nitrogens with one attached hydrogen (secondary N) is 1. The van der Waals surface area contributed by atoms with Gasteiger partial charge in [0.15, 0.2) is 11.6 Å². The summed E-state index contributed by atoms with van der Waals surface area (Å²) in [6.07, 6.45) is 2.40. The van der Waals surface area contributed by atoms with E-state index in [1.54, 1.807) is 6.07 Å². The third-order valence-electron chi connectivity index (χ3n) is 5.33. The van der Waals surface area contributed by atoms with E-state index in [-0.39, 0.29) is 36.3 Å². The Balaban J connectivity index is 1.60. The monoisotopic (exact) mass is 351 g/mol. The third kappa shape index (κ3) is 2.15. The van der Waals surface area contributed by atoms with E-state index >= 15 is 0 Å². The number of ether oxygens (including phenoxy) is 1. The van der Waals surface area contributed by atoms with E-state index < -0.39 is 0 Å². The van der Waals surface area contributed by atoms with Crippen LogP contribution in [0.3, 0.4) is 0 Å². The van der Waals surface area contributed by atoms with Crippen LogP contribution in [0.2, 0.25) is 0 Å². The molecule has 2 aromatic rings. The van der Waals surface area contributed by atoms with Gasteiger partial charge in [-0.05, 0) is 30.2 Å². The molecule has 3 aliphatic rings. The molecule has 2 atom stereocenters. The fraction of sp³-hybridized carbons (Fsp3) is 0.250. The average molecular weight is 351 g/mol. The number of nitrogens with two attached hydrogens (primary N) is 1. The Bertz CT molecular complexity index is 956. The van der Waals surface area contributed by atoms with Gasteiger partial charge in [0.1, 0.15) is 12.8 Å². The first-order valence-corrected chi connectivity index (χ1v) is 8.71. The van der Waals surface area contributed by atoms with Crippen molar-refractivity contribution in [2.24, 2.45) is 5.73 Å². The second-order valence-corrected chi connectivity index (χ2v) is 6.87. The van der Waals surface area contributed by atoms with E-state index in [1.807, 2.05) is 30.3 Å². The Morgan fingerprint density at radius 3 is 2.96 bits per heavy atom. The van der Waals surface area contributed by atoms with Gasteiger partial charge in [-0.25, -0.2) is 4.39 Å². The van der Waals surface area contributed by atoms with Crippen molar-refractivity contribution in [1.29, 1.82) is 0 Å². The number of benzene rings is 2. The molecule has 3 aliphatic heterocycles. The molecule has 132 valence electrons. The molecule has 0 saturated heterocycles. The van der Waals surface area contributed by atoms with Crippen molar-refractivity contribution >= 4 is 17.7 Å². The van der Waals surface area contributed by atoms with E-state index in [2.05, 4.69) is 10.2 Å². The highest BCUT2D eigenvalue weighted by Crippen LogP contribution is 2.40. The third-order valence-corrected chi connectivity index (χ3v) is 5.33. The van der Waals surface area contributed by atoms with Crippen LogP contribution in [0.5, 0.6) is 5.75 Å². The highest BCUT2D eigenvalue weighted by atomic mass is 19.1. The first-order valence-electron chi connectivity index (χ1n) is 8.71. The van der Waals surface area contributed by atoms with Crippen LogP contribution in [0, 0.1) is 5.82 Å². The number of nitrogens with zero attached hydrogens (tertiary/aromatic N) is 1. The van der Waals surface area contributed by atoms with Crippen molar-refractivity contribution < 1.29 is 13.9 Å². The summed E-state index contributed by atoms with van der Waals surface area (Å²) in [6.45, 7) is 0.975. The van der Waals surface area contributed by atoms with Crippen molar-refractivity contribution in [2.45, 2.75) is 18.6 Å². The molecule has 5 nitrogen and oxygen atoms in total. The average Bonchev–Trinajstić information content (AvgIpc) is 2.66. The van der Waals surface area contributed by atoms with Crippen molar-refractivity contribution in [3.05, 3.63) is 64.5 Å². The summed E-state index contributed by atoms with van der Waals surface area (Å²) < 4.78 is 19.6. The summed E-state index contributed by atoms with van der Waals surface area (Å²) in [7, 11) is 0. The van der Waals surface area contributed by atoms with Gasteiger partial charge >= 0.3 is 0 Å². The Morgan fingerprint density at radius 1 is 1.23 bits per heavy atom. The smallest absolute Gasteiger partial charge is 0.255 e. The maximum Gasteiger partial charge on any atom is 0.255 e. The maximum absolute atomic E-state index is 13.9.